The van der Waals surface area contributed by atoms with E-state index in [4.69, 9.17) is 5.73 Å². The second kappa shape index (κ2) is 5.57. The Hall–Kier alpha value is -0.620. The normalized spacial score (nSPS) is 29.0. The lowest BCUT2D eigenvalue weighted by molar-refractivity contribution is -0.137. The summed E-state index contributed by atoms with van der Waals surface area (Å²) in [5, 5.41) is 0. The zero-order chi connectivity index (χ0) is 14.0. The van der Waals surface area contributed by atoms with Crippen LogP contribution in [0.25, 0.3) is 0 Å². The van der Waals surface area contributed by atoms with Crippen molar-refractivity contribution < 1.29 is 13.2 Å². The predicted octanol–water partition coefficient (Wildman–Crippen LogP) is 0.397. The summed E-state index contributed by atoms with van der Waals surface area (Å²) in [5.74, 6) is -0.206. The molecule has 2 unspecified atom stereocenters. The Morgan fingerprint density at radius 3 is 2.56 bits per heavy atom. The average molecular weight is 276 g/mol. The molecule has 1 fully saturated rings. The summed E-state index contributed by atoms with van der Waals surface area (Å²) in [7, 11) is -1.39. The van der Waals surface area contributed by atoms with E-state index in [9.17, 15) is 13.2 Å². The van der Waals surface area contributed by atoms with Crippen molar-refractivity contribution >= 4 is 15.7 Å². The number of rotatable bonds is 4. The van der Waals surface area contributed by atoms with E-state index in [2.05, 4.69) is 0 Å². The quantitative estimate of drug-likeness (QED) is 0.806. The molecule has 0 aromatic heterocycles. The van der Waals surface area contributed by atoms with Gasteiger partial charge in [-0.1, -0.05) is 12.8 Å². The molecular formula is C12H24N2O3S. The maximum absolute atomic E-state index is 12.3. The van der Waals surface area contributed by atoms with Crippen LogP contribution in [0, 0.1) is 5.92 Å². The number of nitrogens with zero attached hydrogens (tertiary/aromatic N) is 1. The molecule has 106 valence electrons. The summed E-state index contributed by atoms with van der Waals surface area (Å²) >= 11 is 0. The summed E-state index contributed by atoms with van der Waals surface area (Å²) in [6, 6.07) is 0. The highest BCUT2D eigenvalue weighted by atomic mass is 32.2. The van der Waals surface area contributed by atoms with Crippen LogP contribution in [0.15, 0.2) is 0 Å². The topological polar surface area (TPSA) is 80.5 Å². The first-order valence-corrected chi connectivity index (χ1v) is 8.41. The number of sulfone groups is 1. The summed E-state index contributed by atoms with van der Waals surface area (Å²) < 4.78 is 22.2. The van der Waals surface area contributed by atoms with Gasteiger partial charge in [0.2, 0.25) is 5.91 Å². The average Bonchev–Trinajstić information content (AvgIpc) is 2.23. The van der Waals surface area contributed by atoms with Crippen LogP contribution in [-0.4, -0.2) is 50.4 Å². The molecule has 2 N–H and O–H groups in total. The Bertz CT molecular complexity index is 404. The summed E-state index contributed by atoms with van der Waals surface area (Å²) in [6.07, 6.45) is 4.91. The van der Waals surface area contributed by atoms with Crippen molar-refractivity contribution in [2.75, 3.05) is 25.6 Å². The molecule has 0 heterocycles. The number of hydrogen-bond acceptors (Lipinski definition) is 4. The van der Waals surface area contributed by atoms with E-state index in [1.165, 1.54) is 11.2 Å². The fourth-order valence-corrected chi connectivity index (χ4v) is 3.05. The molecule has 1 amide bonds. The monoisotopic (exact) mass is 276 g/mol. The Morgan fingerprint density at radius 2 is 2.06 bits per heavy atom. The molecule has 18 heavy (non-hydrogen) atoms. The smallest absolute Gasteiger partial charge is 0.227 e. The largest absolute Gasteiger partial charge is 0.344 e. The first kappa shape index (κ1) is 15.4. The van der Waals surface area contributed by atoms with Crippen LogP contribution in [0.4, 0.5) is 0 Å². The van der Waals surface area contributed by atoms with E-state index < -0.39 is 15.4 Å². The minimum absolute atomic E-state index is 0.00322. The van der Waals surface area contributed by atoms with Crippen molar-refractivity contribution in [3.05, 3.63) is 0 Å². The summed E-state index contributed by atoms with van der Waals surface area (Å²) in [5.41, 5.74) is 5.71. The molecule has 6 heteroatoms. The molecule has 0 aromatic rings. The van der Waals surface area contributed by atoms with Crippen molar-refractivity contribution in [1.29, 1.82) is 0 Å². The molecule has 0 bridgehead atoms. The zero-order valence-electron chi connectivity index (χ0n) is 11.5. The minimum Gasteiger partial charge on any atom is -0.344 e. The van der Waals surface area contributed by atoms with Crippen molar-refractivity contribution in [2.45, 2.75) is 38.1 Å². The van der Waals surface area contributed by atoms with Gasteiger partial charge < -0.3 is 10.6 Å². The van der Waals surface area contributed by atoms with E-state index in [1.54, 1.807) is 7.05 Å². The van der Waals surface area contributed by atoms with E-state index in [1.807, 2.05) is 6.92 Å². The van der Waals surface area contributed by atoms with Crippen LogP contribution < -0.4 is 5.73 Å². The van der Waals surface area contributed by atoms with Crippen LogP contribution in [0.2, 0.25) is 0 Å². The Morgan fingerprint density at radius 1 is 1.44 bits per heavy atom. The molecular weight excluding hydrogens is 252 g/mol. The van der Waals surface area contributed by atoms with Crippen LogP contribution in [0.1, 0.15) is 32.6 Å². The number of carbonyl (C=O) groups excluding carboxylic acids is 1. The Balaban J connectivity index is 2.62. The second-order valence-corrected chi connectivity index (χ2v) is 7.95. The second-order valence-electron chi connectivity index (χ2n) is 5.69. The zero-order valence-corrected chi connectivity index (χ0v) is 12.3. The fraction of sp³-hybridized carbons (Fsp3) is 0.917. The molecule has 2 atom stereocenters. The molecule has 0 spiro atoms. The predicted molar refractivity (Wildman–Crippen MR) is 71.9 cm³/mol. The highest BCUT2D eigenvalue weighted by Gasteiger charge is 2.39. The van der Waals surface area contributed by atoms with Crippen molar-refractivity contribution in [2.24, 2.45) is 11.7 Å². The van der Waals surface area contributed by atoms with E-state index in [0.717, 1.165) is 25.7 Å². The van der Waals surface area contributed by atoms with Gasteiger partial charge in [-0.25, -0.2) is 8.42 Å². The number of hydrogen-bond donors (Lipinski definition) is 1. The van der Waals surface area contributed by atoms with Gasteiger partial charge in [0.15, 0.2) is 0 Å². The number of amides is 1. The molecule has 0 aliphatic heterocycles. The van der Waals surface area contributed by atoms with Crippen LogP contribution >= 0.6 is 0 Å². The standard InChI is InChI=1S/C12H24N2O3S/c1-12(13)7-5-4-6-10(12)11(15)14(2)8-9-18(3,16)17/h10H,4-9,13H2,1-3H3. The van der Waals surface area contributed by atoms with E-state index >= 15 is 0 Å². The van der Waals surface area contributed by atoms with Crippen molar-refractivity contribution in [3.8, 4) is 0 Å². The summed E-state index contributed by atoms with van der Waals surface area (Å²) in [4.78, 5) is 13.8. The summed E-state index contributed by atoms with van der Waals surface area (Å²) in [6.45, 7) is 2.16. The molecule has 5 nitrogen and oxygen atoms in total. The molecule has 0 radical (unpaired) electrons. The van der Waals surface area contributed by atoms with Gasteiger partial charge in [0, 0.05) is 25.4 Å². The molecule has 0 aromatic carbocycles. The lowest BCUT2D eigenvalue weighted by Crippen LogP contribution is -2.53. The Labute approximate surface area is 110 Å². The van der Waals surface area contributed by atoms with Crippen LogP contribution in [-0.2, 0) is 14.6 Å². The third kappa shape index (κ3) is 4.24. The van der Waals surface area contributed by atoms with Crippen LogP contribution in [0.3, 0.4) is 0 Å². The maximum Gasteiger partial charge on any atom is 0.227 e. The first-order valence-electron chi connectivity index (χ1n) is 6.35. The van der Waals surface area contributed by atoms with Gasteiger partial charge in [0.05, 0.1) is 11.7 Å². The minimum atomic E-state index is -3.04. The lowest BCUT2D eigenvalue weighted by Gasteiger charge is -2.39. The van der Waals surface area contributed by atoms with Gasteiger partial charge >= 0.3 is 0 Å². The highest BCUT2D eigenvalue weighted by Crippen LogP contribution is 2.32. The number of carbonyl (C=O) groups is 1. The Kier molecular flexibility index (Phi) is 4.78. The highest BCUT2D eigenvalue weighted by molar-refractivity contribution is 7.90. The van der Waals surface area contributed by atoms with Gasteiger partial charge in [0.25, 0.3) is 0 Å². The SMILES string of the molecule is CN(CCS(C)(=O)=O)C(=O)C1CCCCC1(C)N. The molecule has 1 saturated carbocycles. The van der Waals surface area contributed by atoms with E-state index in [-0.39, 0.29) is 24.1 Å². The fourth-order valence-electron chi connectivity index (χ4n) is 2.44. The first-order chi connectivity index (χ1) is 8.13. The van der Waals surface area contributed by atoms with E-state index in [0.29, 0.717) is 0 Å². The third-order valence-electron chi connectivity index (χ3n) is 3.73. The molecule has 0 saturated heterocycles. The van der Waals surface area contributed by atoms with Gasteiger partial charge in [-0.05, 0) is 19.8 Å². The van der Waals surface area contributed by atoms with Gasteiger partial charge in [-0.2, -0.15) is 0 Å². The van der Waals surface area contributed by atoms with Gasteiger partial charge in [0.1, 0.15) is 9.84 Å². The number of nitrogens with two attached hydrogens (primary N) is 1. The molecule has 1 rings (SSSR count). The lowest BCUT2D eigenvalue weighted by atomic mass is 9.74. The molecule has 1 aliphatic rings. The maximum atomic E-state index is 12.3. The third-order valence-corrected chi connectivity index (χ3v) is 4.65. The van der Waals surface area contributed by atoms with Crippen molar-refractivity contribution in [3.63, 3.8) is 0 Å². The molecule has 1 aliphatic carbocycles. The van der Waals surface area contributed by atoms with Gasteiger partial charge in [-0.3, -0.25) is 4.79 Å². The van der Waals surface area contributed by atoms with Gasteiger partial charge in [-0.15, -0.1) is 0 Å². The van der Waals surface area contributed by atoms with Crippen LogP contribution in [0.5, 0.6) is 0 Å². The van der Waals surface area contributed by atoms with Crippen molar-refractivity contribution in [1.82, 2.24) is 4.90 Å².